The lowest BCUT2D eigenvalue weighted by atomic mass is 10.1. The molecular weight excluding hydrogens is 491 g/mol. The highest BCUT2D eigenvalue weighted by Gasteiger charge is 2.12. The largest absolute Gasteiger partial charge is 0.297 e. The van der Waals surface area contributed by atoms with Gasteiger partial charge in [-0.05, 0) is 29.3 Å². The van der Waals surface area contributed by atoms with E-state index in [-0.39, 0.29) is 36.0 Å². The molecule has 2 amide bonds. The normalized spacial score (nSPS) is 10.6. The van der Waals surface area contributed by atoms with Gasteiger partial charge in [0.15, 0.2) is 10.3 Å². The van der Waals surface area contributed by atoms with Crippen molar-refractivity contribution in [1.29, 1.82) is 10.5 Å². The van der Waals surface area contributed by atoms with Gasteiger partial charge in [-0.2, -0.15) is 10.5 Å². The first-order valence-electron chi connectivity index (χ1n) is 8.34. The van der Waals surface area contributed by atoms with Crippen molar-refractivity contribution in [3.63, 3.8) is 0 Å². The van der Waals surface area contributed by atoms with Crippen LogP contribution in [-0.2, 0) is 9.59 Å². The van der Waals surface area contributed by atoms with Gasteiger partial charge in [0.05, 0.1) is 0 Å². The minimum atomic E-state index is -0.575. The van der Waals surface area contributed by atoms with Crippen molar-refractivity contribution in [2.24, 2.45) is 0 Å². The molecule has 1 aromatic carbocycles. The smallest absolute Gasteiger partial charge is 0.268 e. The lowest BCUT2D eigenvalue weighted by Crippen LogP contribution is -2.13. The molecule has 0 fully saturated rings. The summed E-state index contributed by atoms with van der Waals surface area (Å²) in [6, 6.07) is 10.5. The zero-order chi connectivity index (χ0) is 21.3. The third-order valence-corrected chi connectivity index (χ3v) is 4.95. The number of hydrogen-bond donors (Lipinski definition) is 2. The summed E-state index contributed by atoms with van der Waals surface area (Å²) in [5.41, 5.74) is 0.918. The summed E-state index contributed by atoms with van der Waals surface area (Å²) in [6.45, 7) is 0. The Labute approximate surface area is 203 Å². The average molecular weight is 505 g/mol. The second kappa shape index (κ2) is 13.0. The molecule has 162 valence electrons. The fourth-order valence-electron chi connectivity index (χ4n) is 2.27. The van der Waals surface area contributed by atoms with Gasteiger partial charge >= 0.3 is 0 Å². The van der Waals surface area contributed by atoms with Gasteiger partial charge < -0.3 is 0 Å². The second-order valence-electron chi connectivity index (χ2n) is 5.59. The number of halogens is 2. The molecule has 0 aliphatic carbocycles. The molecule has 3 rings (SSSR count). The van der Waals surface area contributed by atoms with Crippen LogP contribution in [0.1, 0.15) is 11.1 Å². The Balaban J connectivity index is 0.00000256. The molecule has 2 heterocycles. The van der Waals surface area contributed by atoms with Crippen LogP contribution in [0.5, 0.6) is 0 Å². The van der Waals surface area contributed by atoms with Crippen molar-refractivity contribution in [3.05, 3.63) is 69.7 Å². The molecule has 0 radical (unpaired) electrons. The molecule has 0 saturated carbocycles. The van der Waals surface area contributed by atoms with Crippen LogP contribution < -0.4 is 10.6 Å². The van der Waals surface area contributed by atoms with Crippen molar-refractivity contribution in [3.8, 4) is 12.1 Å². The number of anilines is 2. The van der Waals surface area contributed by atoms with Gasteiger partial charge in [0, 0.05) is 23.2 Å². The lowest BCUT2D eigenvalue weighted by Gasteiger charge is -2.03. The van der Waals surface area contributed by atoms with Crippen LogP contribution in [0.25, 0.3) is 12.2 Å². The maximum absolute atomic E-state index is 12.2. The van der Waals surface area contributed by atoms with Crippen LogP contribution in [0, 0.1) is 22.7 Å². The third kappa shape index (κ3) is 7.30. The molecule has 2 N–H and O–H groups in total. The first-order valence-corrected chi connectivity index (χ1v) is 10.1. The summed E-state index contributed by atoms with van der Waals surface area (Å²) in [6.07, 6.45) is 5.93. The number of carbonyl (C=O) groups excluding carboxylic acids is 2. The van der Waals surface area contributed by atoms with E-state index in [1.165, 1.54) is 34.8 Å². The highest BCUT2D eigenvalue weighted by atomic mass is 35.5. The molecule has 2 aromatic heterocycles. The monoisotopic (exact) mass is 504 g/mol. The number of benzene rings is 1. The maximum atomic E-state index is 12.2. The number of carbonyl (C=O) groups is 2. The fraction of sp³-hybridized carbons (Fsp3) is 0. The molecule has 3 aromatic rings. The number of nitriles is 2. The predicted molar refractivity (Wildman–Crippen MR) is 130 cm³/mol. The molecule has 0 aliphatic heterocycles. The van der Waals surface area contributed by atoms with Gasteiger partial charge in [-0.3, -0.25) is 20.2 Å². The number of hydrogen-bond acceptors (Lipinski definition) is 8. The van der Waals surface area contributed by atoms with Crippen molar-refractivity contribution >= 4 is 81.7 Å². The fourth-order valence-corrected chi connectivity index (χ4v) is 3.32. The molecule has 0 atom stereocenters. The quantitative estimate of drug-likeness (QED) is 0.374. The van der Waals surface area contributed by atoms with Gasteiger partial charge in [-0.1, -0.05) is 18.2 Å². The first kappa shape index (κ1) is 26.5. The topological polar surface area (TPSA) is 132 Å². The van der Waals surface area contributed by atoms with Crippen molar-refractivity contribution < 1.29 is 9.59 Å². The van der Waals surface area contributed by atoms with Crippen LogP contribution in [-0.4, -0.2) is 21.8 Å². The summed E-state index contributed by atoms with van der Waals surface area (Å²) in [5.74, 6) is -1.15. The number of rotatable bonds is 6. The summed E-state index contributed by atoms with van der Waals surface area (Å²) < 4.78 is 0. The van der Waals surface area contributed by atoms with Crippen LogP contribution in [0.15, 0.2) is 58.6 Å². The minimum absolute atomic E-state index is 0. The number of nitrogens with zero attached hydrogens (tertiary/aromatic N) is 4. The van der Waals surface area contributed by atoms with Crippen LogP contribution in [0.4, 0.5) is 10.3 Å². The van der Waals surface area contributed by atoms with Crippen molar-refractivity contribution in [1.82, 2.24) is 9.97 Å². The molecule has 32 heavy (non-hydrogen) atoms. The van der Waals surface area contributed by atoms with Gasteiger partial charge in [0.25, 0.3) is 11.8 Å². The van der Waals surface area contributed by atoms with Crippen LogP contribution in [0.2, 0.25) is 0 Å². The molecule has 0 spiro atoms. The maximum Gasteiger partial charge on any atom is 0.268 e. The number of thiazole rings is 2. The summed E-state index contributed by atoms with van der Waals surface area (Å²) in [4.78, 5) is 32.4. The van der Waals surface area contributed by atoms with E-state index in [2.05, 4.69) is 20.6 Å². The van der Waals surface area contributed by atoms with Crippen molar-refractivity contribution in [2.45, 2.75) is 0 Å². The van der Waals surface area contributed by atoms with E-state index >= 15 is 0 Å². The lowest BCUT2D eigenvalue weighted by molar-refractivity contribution is -0.113. The Bertz CT molecular complexity index is 1120. The Hall–Kier alpha value is -3.54. The van der Waals surface area contributed by atoms with E-state index in [1.807, 2.05) is 12.1 Å². The Morgan fingerprint density at radius 1 is 0.844 bits per heavy atom. The van der Waals surface area contributed by atoms with Crippen LogP contribution in [0.3, 0.4) is 0 Å². The molecule has 0 bridgehead atoms. The summed E-state index contributed by atoms with van der Waals surface area (Å²) >= 11 is 2.48. The zero-order valence-electron chi connectivity index (χ0n) is 16.0. The Kier molecular flexibility index (Phi) is 10.8. The van der Waals surface area contributed by atoms with Gasteiger partial charge in [0.2, 0.25) is 0 Å². The van der Waals surface area contributed by atoms with E-state index < -0.39 is 11.8 Å². The molecule has 0 saturated heterocycles. The molecular formula is C20H14Cl2N6O2S2. The molecule has 8 nitrogen and oxygen atoms in total. The van der Waals surface area contributed by atoms with Crippen molar-refractivity contribution in [2.75, 3.05) is 10.6 Å². The average Bonchev–Trinajstić information content (AvgIpc) is 3.44. The number of nitrogens with one attached hydrogen (secondary N) is 2. The summed E-state index contributed by atoms with van der Waals surface area (Å²) in [7, 11) is 0. The van der Waals surface area contributed by atoms with Crippen LogP contribution >= 0.6 is 47.5 Å². The summed E-state index contributed by atoms with van der Waals surface area (Å²) in [5, 5.41) is 27.9. The predicted octanol–water partition coefficient (Wildman–Crippen LogP) is 4.53. The van der Waals surface area contributed by atoms with Gasteiger partial charge in [-0.15, -0.1) is 47.5 Å². The molecule has 0 unspecified atom stereocenters. The Morgan fingerprint density at radius 2 is 1.28 bits per heavy atom. The second-order valence-corrected chi connectivity index (χ2v) is 7.38. The van der Waals surface area contributed by atoms with E-state index in [9.17, 15) is 20.1 Å². The SMILES string of the molecule is Cl.Cl.N#C/C(=C/c1cccc(/C=C(\C#N)C(=O)Nc2nccs2)c1)C(=O)Nc1nccs1. The standard InChI is InChI=1S/C20H12N6O2S2.2ClH/c21-11-15(17(27)25-19-23-4-6-29-19)9-13-2-1-3-14(8-13)10-16(12-22)18(28)26-20-24-5-7-30-20;;/h1-10H,(H,23,25,27)(H,24,26,28);2*1H/b15-9-,16-10+;;. The number of amides is 2. The van der Waals surface area contributed by atoms with E-state index in [0.29, 0.717) is 21.4 Å². The zero-order valence-corrected chi connectivity index (χ0v) is 19.3. The Morgan fingerprint density at radius 3 is 1.62 bits per heavy atom. The highest BCUT2D eigenvalue weighted by Crippen LogP contribution is 2.17. The molecule has 0 aliphatic rings. The third-order valence-electron chi connectivity index (χ3n) is 3.57. The van der Waals surface area contributed by atoms with E-state index in [1.54, 1.807) is 47.4 Å². The van der Waals surface area contributed by atoms with Gasteiger partial charge in [0.1, 0.15) is 23.3 Å². The number of aromatic nitrogens is 2. The minimum Gasteiger partial charge on any atom is -0.297 e. The van der Waals surface area contributed by atoms with E-state index in [0.717, 1.165) is 0 Å². The highest BCUT2D eigenvalue weighted by molar-refractivity contribution is 7.14. The molecule has 12 heteroatoms. The van der Waals surface area contributed by atoms with Gasteiger partial charge in [-0.25, -0.2) is 9.97 Å². The first-order chi connectivity index (χ1) is 14.6. The van der Waals surface area contributed by atoms with E-state index in [4.69, 9.17) is 0 Å².